The molecule has 1 aromatic carbocycles. The quantitative estimate of drug-likeness (QED) is 0.674. The summed E-state index contributed by atoms with van der Waals surface area (Å²) >= 11 is 1.48. The van der Waals surface area contributed by atoms with E-state index < -0.39 is 17.1 Å². The average Bonchev–Trinajstić information content (AvgIpc) is 3.30. The van der Waals surface area contributed by atoms with Crippen molar-refractivity contribution in [3.05, 3.63) is 78.1 Å². The summed E-state index contributed by atoms with van der Waals surface area (Å²) < 4.78 is 1.05. The van der Waals surface area contributed by atoms with E-state index >= 15 is 0 Å². The molecule has 0 saturated heterocycles. The lowest BCUT2D eigenvalue weighted by Crippen LogP contribution is -2.33. The minimum atomic E-state index is -0.747. The van der Waals surface area contributed by atoms with Gasteiger partial charge >= 0.3 is 5.69 Å². The number of carbonyl (C=O) groups excluding carboxylic acids is 1. The third-order valence-corrected chi connectivity index (χ3v) is 5.92. The second kappa shape index (κ2) is 7.42. The van der Waals surface area contributed by atoms with Gasteiger partial charge in [0.15, 0.2) is 0 Å². The van der Waals surface area contributed by atoms with E-state index in [9.17, 15) is 19.5 Å². The molecule has 3 aromatic rings. The summed E-state index contributed by atoms with van der Waals surface area (Å²) in [5.74, 6) is -0.773. The zero-order valence-electron chi connectivity index (χ0n) is 16.7. The number of nitrogens with zero attached hydrogens (tertiary/aromatic N) is 3. The molecule has 1 atom stereocenters. The fraction of sp³-hybridized carbons (Fsp3) is 0.238. The van der Waals surface area contributed by atoms with Gasteiger partial charge < -0.3 is 5.11 Å². The van der Waals surface area contributed by atoms with E-state index in [0.717, 1.165) is 20.6 Å². The molecule has 30 heavy (non-hydrogen) atoms. The van der Waals surface area contributed by atoms with Crippen LogP contribution in [-0.2, 0) is 4.79 Å². The van der Waals surface area contributed by atoms with Crippen LogP contribution in [0, 0.1) is 13.8 Å². The Bertz CT molecular complexity index is 1270. The van der Waals surface area contributed by atoms with Crippen LogP contribution in [0.2, 0.25) is 0 Å². The van der Waals surface area contributed by atoms with E-state index in [1.807, 2.05) is 37.4 Å². The normalized spacial score (nSPS) is 16.0. The van der Waals surface area contributed by atoms with Gasteiger partial charge in [0.25, 0.3) is 5.56 Å². The molecule has 0 unspecified atom stereocenters. The van der Waals surface area contributed by atoms with Crippen LogP contribution in [0.3, 0.4) is 0 Å². The number of rotatable bonds is 3. The second-order valence-electron chi connectivity index (χ2n) is 7.28. The topological polar surface area (TPSA) is 108 Å². The van der Waals surface area contributed by atoms with Crippen LogP contribution in [0.4, 0.5) is 0 Å². The maximum Gasteiger partial charge on any atom is 0.335 e. The minimum Gasteiger partial charge on any atom is -0.493 e. The maximum atomic E-state index is 12.6. The van der Waals surface area contributed by atoms with Crippen molar-refractivity contribution in [3.8, 4) is 11.6 Å². The van der Waals surface area contributed by atoms with Gasteiger partial charge in [0, 0.05) is 18.2 Å². The first-order chi connectivity index (χ1) is 14.3. The van der Waals surface area contributed by atoms with Crippen LogP contribution in [0.15, 0.2) is 50.4 Å². The molecule has 0 radical (unpaired) electrons. The summed E-state index contributed by atoms with van der Waals surface area (Å²) in [7, 11) is 0. The molecule has 0 saturated carbocycles. The maximum absolute atomic E-state index is 12.6. The first-order valence-corrected chi connectivity index (χ1v) is 10.2. The highest BCUT2D eigenvalue weighted by molar-refractivity contribution is 7.10. The molecule has 0 aliphatic carbocycles. The molecule has 154 valence electrons. The summed E-state index contributed by atoms with van der Waals surface area (Å²) in [6.07, 6.45) is 0.252. The standard InChI is InChI=1S/C21H20N4O4S/c1-11-7-12(2)9-14(8-11)24-20(28)18(19(27)22-21(24)29)15-10-16(17-5-4-6-30-17)25(23-15)13(3)26/h4-9,16,28H,10H2,1-3H3,(H,22,27,29)/t16-/m1/s1. The van der Waals surface area contributed by atoms with Crippen molar-refractivity contribution in [1.29, 1.82) is 0 Å². The Labute approximate surface area is 175 Å². The fourth-order valence-electron chi connectivity index (χ4n) is 3.76. The molecule has 0 bridgehead atoms. The van der Waals surface area contributed by atoms with Crippen molar-refractivity contribution in [2.75, 3.05) is 0 Å². The molecule has 2 aromatic heterocycles. The zero-order valence-corrected chi connectivity index (χ0v) is 17.5. The van der Waals surface area contributed by atoms with Gasteiger partial charge in [-0.05, 0) is 48.6 Å². The Morgan fingerprint density at radius 3 is 2.53 bits per heavy atom. The van der Waals surface area contributed by atoms with Gasteiger partial charge in [-0.1, -0.05) is 12.1 Å². The first kappa shape index (κ1) is 19.8. The lowest BCUT2D eigenvalue weighted by Gasteiger charge is -2.18. The molecule has 9 heteroatoms. The number of H-pyrrole nitrogens is 1. The van der Waals surface area contributed by atoms with E-state index in [2.05, 4.69) is 10.1 Å². The smallest absolute Gasteiger partial charge is 0.335 e. The van der Waals surface area contributed by atoms with Crippen LogP contribution in [0.5, 0.6) is 5.88 Å². The number of hydrogen-bond acceptors (Lipinski definition) is 6. The summed E-state index contributed by atoms with van der Waals surface area (Å²) in [5, 5.41) is 18.5. The monoisotopic (exact) mass is 424 g/mol. The van der Waals surface area contributed by atoms with Crippen molar-refractivity contribution in [3.63, 3.8) is 0 Å². The summed E-state index contributed by atoms with van der Waals surface area (Å²) in [6.45, 7) is 5.15. The Hall–Kier alpha value is -3.46. The average molecular weight is 424 g/mol. The Morgan fingerprint density at radius 1 is 1.23 bits per heavy atom. The Balaban J connectivity index is 1.88. The molecular weight excluding hydrogens is 404 g/mol. The number of aromatic nitrogens is 2. The first-order valence-electron chi connectivity index (χ1n) is 9.34. The number of aromatic hydroxyl groups is 1. The van der Waals surface area contributed by atoms with E-state index in [0.29, 0.717) is 5.69 Å². The lowest BCUT2D eigenvalue weighted by atomic mass is 10.0. The van der Waals surface area contributed by atoms with Crippen LogP contribution in [0.25, 0.3) is 5.69 Å². The van der Waals surface area contributed by atoms with E-state index in [-0.39, 0.29) is 29.6 Å². The molecule has 0 spiro atoms. The van der Waals surface area contributed by atoms with Gasteiger partial charge in [0.2, 0.25) is 11.8 Å². The summed E-state index contributed by atoms with van der Waals surface area (Å²) in [5.41, 5.74) is 0.893. The second-order valence-corrected chi connectivity index (χ2v) is 8.26. The van der Waals surface area contributed by atoms with Crippen LogP contribution < -0.4 is 11.2 Å². The van der Waals surface area contributed by atoms with Gasteiger partial charge in [-0.3, -0.25) is 14.6 Å². The number of hydrazone groups is 1. The minimum absolute atomic E-state index is 0.112. The van der Waals surface area contributed by atoms with Gasteiger partial charge in [-0.2, -0.15) is 5.10 Å². The van der Waals surface area contributed by atoms with Gasteiger partial charge in [0.05, 0.1) is 17.4 Å². The number of carbonyl (C=O) groups is 1. The van der Waals surface area contributed by atoms with Crippen molar-refractivity contribution in [2.24, 2.45) is 5.10 Å². The van der Waals surface area contributed by atoms with Crippen molar-refractivity contribution in [2.45, 2.75) is 33.2 Å². The molecule has 0 fully saturated rings. The molecule has 1 amide bonds. The lowest BCUT2D eigenvalue weighted by molar-refractivity contribution is -0.130. The number of hydrogen-bond donors (Lipinski definition) is 2. The zero-order chi connectivity index (χ0) is 21.6. The summed E-state index contributed by atoms with van der Waals surface area (Å²) in [6, 6.07) is 8.82. The third-order valence-electron chi connectivity index (χ3n) is 4.94. The largest absolute Gasteiger partial charge is 0.493 e. The van der Waals surface area contributed by atoms with Gasteiger partial charge in [0.1, 0.15) is 5.56 Å². The van der Waals surface area contributed by atoms with E-state index in [1.54, 1.807) is 12.1 Å². The van der Waals surface area contributed by atoms with Gasteiger partial charge in [-0.15, -0.1) is 11.3 Å². The van der Waals surface area contributed by atoms with Crippen LogP contribution in [-0.4, -0.2) is 31.3 Å². The number of nitrogens with one attached hydrogen (secondary N) is 1. The van der Waals surface area contributed by atoms with Crippen LogP contribution >= 0.6 is 11.3 Å². The predicted molar refractivity (Wildman–Crippen MR) is 115 cm³/mol. The Morgan fingerprint density at radius 2 is 1.93 bits per heavy atom. The molecule has 2 N–H and O–H groups in total. The summed E-state index contributed by atoms with van der Waals surface area (Å²) in [4.78, 5) is 40.5. The number of aromatic amines is 1. The highest BCUT2D eigenvalue weighted by Gasteiger charge is 2.35. The highest BCUT2D eigenvalue weighted by atomic mass is 32.1. The molecular formula is C21H20N4O4S. The van der Waals surface area contributed by atoms with E-state index in [1.165, 1.54) is 23.3 Å². The Kier molecular flexibility index (Phi) is 4.90. The molecule has 1 aliphatic rings. The number of aryl methyl sites for hydroxylation is 2. The predicted octanol–water partition coefficient (Wildman–Crippen LogP) is 2.61. The van der Waals surface area contributed by atoms with Gasteiger partial charge in [-0.25, -0.2) is 14.4 Å². The number of amides is 1. The SMILES string of the molecule is CC(=O)N1N=C(c2c(O)n(-c3cc(C)cc(C)c3)c(=O)[nH]c2=O)C[C@@H]1c1cccs1. The molecule has 8 nitrogen and oxygen atoms in total. The van der Waals surface area contributed by atoms with Crippen molar-refractivity contribution in [1.82, 2.24) is 14.6 Å². The van der Waals surface area contributed by atoms with Crippen molar-refractivity contribution >= 4 is 23.0 Å². The third kappa shape index (κ3) is 3.37. The molecule has 3 heterocycles. The van der Waals surface area contributed by atoms with Crippen molar-refractivity contribution < 1.29 is 9.90 Å². The molecule has 4 rings (SSSR count). The van der Waals surface area contributed by atoms with E-state index in [4.69, 9.17) is 0 Å². The highest BCUT2D eigenvalue weighted by Crippen LogP contribution is 2.35. The van der Waals surface area contributed by atoms with Crippen LogP contribution in [0.1, 0.15) is 41.0 Å². The molecule has 1 aliphatic heterocycles. The number of thiophene rings is 1. The fourth-order valence-corrected chi connectivity index (χ4v) is 4.57. The number of benzene rings is 1.